The smallest absolute Gasteiger partial charge is 0.410 e. The zero-order valence-corrected chi connectivity index (χ0v) is 16.6. The van der Waals surface area contributed by atoms with Crippen molar-refractivity contribution in [1.29, 1.82) is 0 Å². The molecule has 2 N–H and O–H groups in total. The Hall–Kier alpha value is -3.09. The number of amides is 3. The molecule has 1 fully saturated rings. The number of halogens is 1. The van der Waals surface area contributed by atoms with Gasteiger partial charge in [-0.05, 0) is 57.5 Å². The van der Waals surface area contributed by atoms with E-state index in [1.807, 2.05) is 32.0 Å². The Morgan fingerprint density at radius 3 is 2.46 bits per heavy atom. The lowest BCUT2D eigenvalue weighted by molar-refractivity contribution is 0.0669. The van der Waals surface area contributed by atoms with Gasteiger partial charge in [0.15, 0.2) is 0 Å². The first-order valence-electron chi connectivity index (χ1n) is 8.99. The van der Waals surface area contributed by atoms with Crippen molar-refractivity contribution in [2.45, 2.75) is 39.3 Å². The third kappa shape index (κ3) is 3.78. The number of urea groups is 1. The van der Waals surface area contributed by atoms with E-state index in [0.29, 0.717) is 11.4 Å². The van der Waals surface area contributed by atoms with E-state index in [4.69, 9.17) is 4.74 Å². The fraction of sp³-hybridized carbons (Fsp3) is 0.333. The highest BCUT2D eigenvalue weighted by molar-refractivity contribution is 6.00. The summed E-state index contributed by atoms with van der Waals surface area (Å²) in [5.41, 5.74) is 2.55. The molecule has 1 atom stereocenters. The van der Waals surface area contributed by atoms with Crippen molar-refractivity contribution in [3.8, 4) is 0 Å². The van der Waals surface area contributed by atoms with Crippen molar-refractivity contribution < 1.29 is 18.7 Å². The molecule has 2 aromatic rings. The van der Waals surface area contributed by atoms with Gasteiger partial charge in [0.05, 0.1) is 0 Å². The van der Waals surface area contributed by atoms with Gasteiger partial charge in [-0.3, -0.25) is 0 Å². The van der Waals surface area contributed by atoms with E-state index in [1.54, 1.807) is 20.9 Å². The van der Waals surface area contributed by atoms with Crippen molar-refractivity contribution in [1.82, 2.24) is 4.90 Å². The van der Waals surface area contributed by atoms with Crippen LogP contribution in [0, 0.1) is 19.7 Å². The number of aryl methyl sites for hydroxylation is 2. The maximum Gasteiger partial charge on any atom is 0.410 e. The molecule has 6 nitrogen and oxygen atoms in total. The standard InChI is InChI=1S/C21H24FN3O3/c1-12-6-9-17(13(2)10-12)24-19(26)23-14-7-8-16(22)15(11-14)18-21(3,4)28-20(27)25(18)5/h6-11,18H,1-5H3,(H2,23,24,26). The van der Waals surface area contributed by atoms with Crippen molar-refractivity contribution in [2.24, 2.45) is 0 Å². The lowest BCUT2D eigenvalue weighted by atomic mass is 9.91. The number of anilines is 2. The minimum atomic E-state index is -0.896. The summed E-state index contributed by atoms with van der Waals surface area (Å²) in [6.07, 6.45) is -0.514. The average molecular weight is 385 g/mol. The Labute approximate surface area is 163 Å². The van der Waals surface area contributed by atoms with Crippen molar-refractivity contribution in [3.63, 3.8) is 0 Å². The summed E-state index contributed by atoms with van der Waals surface area (Å²) < 4.78 is 19.8. The van der Waals surface area contributed by atoms with Crippen LogP contribution in [0.4, 0.5) is 25.4 Å². The summed E-state index contributed by atoms with van der Waals surface area (Å²) >= 11 is 0. The number of likely N-dealkylation sites (N-methyl/N-ethyl adjacent to an activating group) is 1. The molecule has 0 saturated carbocycles. The lowest BCUT2D eigenvalue weighted by Gasteiger charge is -2.28. The third-order valence-corrected chi connectivity index (χ3v) is 4.86. The summed E-state index contributed by atoms with van der Waals surface area (Å²) in [6, 6.07) is 8.95. The van der Waals surface area contributed by atoms with Gasteiger partial charge in [0.1, 0.15) is 17.5 Å². The molecule has 1 aliphatic heterocycles. The molecule has 0 radical (unpaired) electrons. The normalized spacial score (nSPS) is 18.0. The predicted octanol–water partition coefficient (Wildman–Crippen LogP) is 4.99. The van der Waals surface area contributed by atoms with Gasteiger partial charge in [0.25, 0.3) is 0 Å². The van der Waals surface area contributed by atoms with Crippen LogP contribution in [0.3, 0.4) is 0 Å². The first kappa shape index (κ1) is 19.7. The monoisotopic (exact) mass is 385 g/mol. The van der Waals surface area contributed by atoms with E-state index in [-0.39, 0.29) is 5.56 Å². The maximum atomic E-state index is 14.5. The summed E-state index contributed by atoms with van der Waals surface area (Å²) in [4.78, 5) is 25.6. The summed E-state index contributed by atoms with van der Waals surface area (Å²) in [5.74, 6) is -0.469. The molecular weight excluding hydrogens is 361 g/mol. The summed E-state index contributed by atoms with van der Waals surface area (Å²) in [7, 11) is 1.56. The van der Waals surface area contributed by atoms with Crippen LogP contribution >= 0.6 is 0 Å². The van der Waals surface area contributed by atoms with Gasteiger partial charge in [0, 0.05) is 24.0 Å². The topological polar surface area (TPSA) is 70.7 Å². The Morgan fingerprint density at radius 1 is 1.14 bits per heavy atom. The van der Waals surface area contributed by atoms with Gasteiger partial charge in [-0.2, -0.15) is 0 Å². The summed E-state index contributed by atoms with van der Waals surface area (Å²) in [6.45, 7) is 7.34. The molecule has 3 amide bonds. The molecule has 28 heavy (non-hydrogen) atoms. The highest BCUT2D eigenvalue weighted by Crippen LogP contribution is 2.41. The van der Waals surface area contributed by atoms with Gasteiger partial charge in [-0.1, -0.05) is 17.7 Å². The molecule has 2 aromatic carbocycles. The minimum absolute atomic E-state index is 0.280. The molecule has 0 aromatic heterocycles. The Bertz CT molecular complexity index is 942. The number of nitrogens with one attached hydrogen (secondary N) is 2. The van der Waals surface area contributed by atoms with Crippen LogP contribution in [0.1, 0.15) is 36.6 Å². The van der Waals surface area contributed by atoms with Crippen LogP contribution in [0.15, 0.2) is 36.4 Å². The number of cyclic esters (lactones) is 1. The Morgan fingerprint density at radius 2 is 1.86 bits per heavy atom. The number of benzene rings is 2. The maximum absolute atomic E-state index is 14.5. The van der Waals surface area contributed by atoms with Crippen molar-refractivity contribution >= 4 is 23.5 Å². The van der Waals surface area contributed by atoms with Gasteiger partial charge in [-0.15, -0.1) is 0 Å². The fourth-order valence-corrected chi connectivity index (χ4v) is 3.58. The predicted molar refractivity (Wildman–Crippen MR) is 106 cm³/mol. The molecule has 0 aliphatic carbocycles. The molecule has 0 spiro atoms. The number of hydrogen-bond donors (Lipinski definition) is 2. The number of carbonyl (C=O) groups excluding carboxylic acids is 2. The second-order valence-corrected chi connectivity index (χ2v) is 7.62. The lowest BCUT2D eigenvalue weighted by Crippen LogP contribution is -2.32. The highest BCUT2D eigenvalue weighted by atomic mass is 19.1. The van der Waals surface area contributed by atoms with E-state index < -0.39 is 29.6 Å². The van der Waals surface area contributed by atoms with Crippen LogP contribution in [-0.2, 0) is 4.74 Å². The molecule has 1 heterocycles. The SMILES string of the molecule is Cc1ccc(NC(=O)Nc2ccc(F)c(C3N(C)C(=O)OC3(C)C)c2)c(C)c1. The summed E-state index contributed by atoms with van der Waals surface area (Å²) in [5, 5.41) is 5.50. The van der Waals surface area contributed by atoms with E-state index in [0.717, 1.165) is 11.1 Å². The minimum Gasteiger partial charge on any atom is -0.441 e. The van der Waals surface area contributed by atoms with E-state index in [1.165, 1.54) is 23.1 Å². The zero-order valence-electron chi connectivity index (χ0n) is 16.6. The molecule has 3 rings (SSSR count). The molecule has 1 aliphatic rings. The Kier molecular flexibility index (Phi) is 5.02. The van der Waals surface area contributed by atoms with Crippen molar-refractivity contribution in [3.05, 3.63) is 58.9 Å². The average Bonchev–Trinajstić information content (AvgIpc) is 2.79. The van der Waals surface area contributed by atoms with Gasteiger partial charge in [-0.25, -0.2) is 14.0 Å². The number of carbonyl (C=O) groups is 2. The number of rotatable bonds is 3. The first-order valence-corrected chi connectivity index (χ1v) is 8.99. The molecular formula is C21H24FN3O3. The number of hydrogen-bond acceptors (Lipinski definition) is 3. The Balaban J connectivity index is 1.81. The molecule has 1 saturated heterocycles. The van der Waals surface area contributed by atoms with E-state index in [9.17, 15) is 14.0 Å². The van der Waals surface area contributed by atoms with Crippen LogP contribution in [0.5, 0.6) is 0 Å². The fourth-order valence-electron chi connectivity index (χ4n) is 3.58. The first-order chi connectivity index (χ1) is 13.1. The van der Waals surface area contributed by atoms with E-state index >= 15 is 0 Å². The molecule has 148 valence electrons. The number of nitrogens with zero attached hydrogens (tertiary/aromatic N) is 1. The molecule has 1 unspecified atom stereocenters. The second-order valence-electron chi connectivity index (χ2n) is 7.62. The van der Waals surface area contributed by atoms with Crippen LogP contribution in [0.25, 0.3) is 0 Å². The second kappa shape index (κ2) is 7.14. The van der Waals surface area contributed by atoms with Crippen LogP contribution < -0.4 is 10.6 Å². The largest absolute Gasteiger partial charge is 0.441 e. The molecule has 0 bridgehead atoms. The van der Waals surface area contributed by atoms with Gasteiger partial charge >= 0.3 is 12.1 Å². The van der Waals surface area contributed by atoms with Crippen LogP contribution in [-0.4, -0.2) is 29.7 Å². The van der Waals surface area contributed by atoms with E-state index in [2.05, 4.69) is 10.6 Å². The third-order valence-electron chi connectivity index (χ3n) is 4.86. The quantitative estimate of drug-likeness (QED) is 0.782. The molecule has 7 heteroatoms. The zero-order chi connectivity index (χ0) is 20.6. The van der Waals surface area contributed by atoms with Gasteiger partial charge < -0.3 is 20.3 Å². The number of ether oxygens (including phenoxy) is 1. The van der Waals surface area contributed by atoms with Gasteiger partial charge in [0.2, 0.25) is 0 Å². The highest BCUT2D eigenvalue weighted by Gasteiger charge is 2.47. The van der Waals surface area contributed by atoms with Crippen molar-refractivity contribution in [2.75, 3.05) is 17.7 Å². The van der Waals surface area contributed by atoms with Crippen LogP contribution in [0.2, 0.25) is 0 Å².